The summed E-state index contributed by atoms with van der Waals surface area (Å²) >= 11 is 0. The molecular weight excluding hydrogens is 465 g/mol. The predicted molar refractivity (Wildman–Crippen MR) is 113 cm³/mol. The lowest BCUT2D eigenvalue weighted by molar-refractivity contribution is -0.144. The highest BCUT2D eigenvalue weighted by molar-refractivity contribution is 5.77. The first-order valence-electron chi connectivity index (χ1n) is 12.2. The van der Waals surface area contributed by atoms with E-state index < -0.39 is 12.7 Å². The second kappa shape index (κ2) is 7.14. The van der Waals surface area contributed by atoms with Crippen LogP contribution < -0.4 is 0 Å². The Hall–Kier alpha value is -2.77. The van der Waals surface area contributed by atoms with E-state index in [1.165, 1.54) is 12.8 Å². The van der Waals surface area contributed by atoms with Crippen molar-refractivity contribution in [2.45, 2.75) is 56.9 Å². The molecule has 2 saturated carbocycles. The van der Waals surface area contributed by atoms with Gasteiger partial charge >= 0.3 is 12.2 Å². The van der Waals surface area contributed by atoms with E-state index in [1.54, 1.807) is 0 Å². The number of carbonyl (C=O) groups excluding carboxylic acids is 1. The molecule has 0 N–H and O–H groups in total. The maximum atomic E-state index is 12.9. The Morgan fingerprint density at radius 3 is 2.37 bits per heavy atom. The average Bonchev–Trinajstić information content (AvgIpc) is 3.26. The van der Waals surface area contributed by atoms with Crippen molar-refractivity contribution in [1.82, 2.24) is 49.7 Å². The summed E-state index contributed by atoms with van der Waals surface area (Å²) in [5.74, 6) is 1.76. The minimum Gasteiger partial charge on any atom is -0.323 e. The van der Waals surface area contributed by atoms with Crippen molar-refractivity contribution in [3.8, 4) is 0 Å². The van der Waals surface area contributed by atoms with E-state index in [1.807, 2.05) is 25.7 Å². The van der Waals surface area contributed by atoms with Crippen LogP contribution in [0.2, 0.25) is 0 Å². The number of likely N-dealkylation sites (tertiary alicyclic amines) is 3. The Morgan fingerprint density at radius 2 is 1.71 bits per heavy atom. The number of alkyl halides is 3. The van der Waals surface area contributed by atoms with Gasteiger partial charge in [0.2, 0.25) is 0 Å². The molecule has 188 valence electrons. The van der Waals surface area contributed by atoms with Crippen molar-refractivity contribution in [2.24, 2.45) is 10.8 Å². The zero-order chi connectivity index (χ0) is 24.0. The van der Waals surface area contributed by atoms with Crippen LogP contribution in [0, 0.1) is 10.8 Å². The molecular formula is C21H27F3N10O. The Bertz CT molecular complexity index is 1130. The van der Waals surface area contributed by atoms with E-state index in [9.17, 15) is 18.0 Å². The third-order valence-corrected chi connectivity index (χ3v) is 8.24. The molecule has 2 spiro atoms. The summed E-state index contributed by atoms with van der Waals surface area (Å²) in [6.45, 7) is 3.59. The first kappa shape index (κ1) is 21.5. The van der Waals surface area contributed by atoms with Crippen molar-refractivity contribution in [2.75, 3.05) is 39.3 Å². The van der Waals surface area contributed by atoms with Crippen LogP contribution in [0.5, 0.6) is 0 Å². The average molecular weight is 493 g/mol. The van der Waals surface area contributed by atoms with Gasteiger partial charge < -0.3 is 9.80 Å². The van der Waals surface area contributed by atoms with Gasteiger partial charge in [-0.1, -0.05) is 0 Å². The van der Waals surface area contributed by atoms with Crippen LogP contribution in [-0.2, 0) is 13.1 Å². The molecule has 0 bridgehead atoms. The minimum absolute atomic E-state index is 0.0500. The first-order valence-corrected chi connectivity index (χ1v) is 12.2. The molecule has 0 atom stereocenters. The number of hydrogen-bond donors (Lipinski definition) is 0. The van der Waals surface area contributed by atoms with Gasteiger partial charge in [-0.15, -0.1) is 5.10 Å². The van der Waals surface area contributed by atoms with Gasteiger partial charge in [-0.2, -0.15) is 18.3 Å². The number of amides is 2. The van der Waals surface area contributed by atoms with Crippen LogP contribution in [-0.4, -0.2) is 101 Å². The second-order valence-electron chi connectivity index (χ2n) is 11.4. The smallest absolute Gasteiger partial charge is 0.323 e. The normalized spacial score (nSPS) is 25.3. The van der Waals surface area contributed by atoms with Crippen molar-refractivity contribution < 1.29 is 18.0 Å². The van der Waals surface area contributed by atoms with Gasteiger partial charge in [-0.05, 0) is 36.1 Å². The number of urea groups is 1. The van der Waals surface area contributed by atoms with E-state index >= 15 is 0 Å². The van der Waals surface area contributed by atoms with Crippen molar-refractivity contribution in [3.63, 3.8) is 0 Å². The molecule has 5 heterocycles. The monoisotopic (exact) mass is 492 g/mol. The molecule has 5 aliphatic rings. The van der Waals surface area contributed by atoms with Crippen LogP contribution in [0.15, 0.2) is 6.33 Å². The fourth-order valence-corrected chi connectivity index (χ4v) is 6.42. The zero-order valence-corrected chi connectivity index (χ0v) is 19.2. The summed E-state index contributed by atoms with van der Waals surface area (Å²) in [4.78, 5) is 23.2. The summed E-state index contributed by atoms with van der Waals surface area (Å²) in [5, 5.41) is 15.2. The van der Waals surface area contributed by atoms with Gasteiger partial charge in [-0.25, -0.2) is 19.1 Å². The molecule has 3 aliphatic heterocycles. The highest BCUT2D eigenvalue weighted by Crippen LogP contribution is 2.54. The van der Waals surface area contributed by atoms with E-state index in [0.717, 1.165) is 49.5 Å². The first-order chi connectivity index (χ1) is 16.7. The molecule has 0 unspecified atom stereocenters. The standard InChI is InChI=1S/C21H27F3N10O/c22-21(23,24)12-33-16(26-28-29-33)5-30-6-20(7-30)10-32(11-20)18(35)31-8-19(9-31)3-15(4-19)34-13-25-17(27-34)14-1-2-14/h13-15H,1-12H2. The van der Waals surface area contributed by atoms with Gasteiger partial charge in [0.1, 0.15) is 12.9 Å². The number of rotatable bonds is 5. The van der Waals surface area contributed by atoms with Gasteiger partial charge in [-0.3, -0.25) is 4.90 Å². The molecule has 35 heavy (non-hydrogen) atoms. The minimum atomic E-state index is -4.36. The lowest BCUT2D eigenvalue weighted by atomic mass is 9.60. The van der Waals surface area contributed by atoms with Gasteiger partial charge in [0.25, 0.3) is 0 Å². The summed E-state index contributed by atoms with van der Waals surface area (Å²) in [5.41, 5.74) is 0.288. The van der Waals surface area contributed by atoms with E-state index in [-0.39, 0.29) is 29.2 Å². The number of halogens is 3. The fraction of sp³-hybridized carbons (Fsp3) is 0.810. The number of hydrogen-bond acceptors (Lipinski definition) is 7. The lowest BCUT2D eigenvalue weighted by Crippen LogP contribution is -2.75. The fourth-order valence-electron chi connectivity index (χ4n) is 6.42. The Balaban J connectivity index is 0.846. The molecule has 14 heteroatoms. The Morgan fingerprint density at radius 1 is 1.03 bits per heavy atom. The highest BCUT2D eigenvalue weighted by atomic mass is 19.4. The maximum absolute atomic E-state index is 12.9. The van der Waals surface area contributed by atoms with Crippen LogP contribution in [0.1, 0.15) is 49.3 Å². The summed E-state index contributed by atoms with van der Waals surface area (Å²) in [6, 6.07) is 0.506. The third-order valence-electron chi connectivity index (χ3n) is 8.24. The third kappa shape index (κ3) is 3.76. The van der Waals surface area contributed by atoms with Crippen LogP contribution in [0.4, 0.5) is 18.0 Å². The van der Waals surface area contributed by atoms with Crippen molar-refractivity contribution in [3.05, 3.63) is 18.0 Å². The largest absolute Gasteiger partial charge is 0.408 e. The topological polar surface area (TPSA) is 101 Å². The van der Waals surface area contributed by atoms with Gasteiger partial charge in [0, 0.05) is 56.0 Å². The molecule has 2 amide bonds. The van der Waals surface area contributed by atoms with Crippen molar-refractivity contribution in [1.29, 1.82) is 0 Å². The van der Waals surface area contributed by atoms with E-state index in [4.69, 9.17) is 0 Å². The second-order valence-corrected chi connectivity index (χ2v) is 11.4. The molecule has 2 aromatic rings. The zero-order valence-electron chi connectivity index (χ0n) is 19.2. The van der Waals surface area contributed by atoms with Crippen LogP contribution in [0.25, 0.3) is 0 Å². The van der Waals surface area contributed by atoms with Crippen molar-refractivity contribution >= 4 is 6.03 Å². The lowest BCUT2D eigenvalue weighted by Gasteiger charge is -2.63. The predicted octanol–water partition coefficient (Wildman–Crippen LogP) is 1.28. The Labute approximate surface area is 199 Å². The molecule has 11 nitrogen and oxygen atoms in total. The molecule has 2 aliphatic carbocycles. The molecule has 5 fully saturated rings. The molecule has 2 aromatic heterocycles. The summed E-state index contributed by atoms with van der Waals surface area (Å²) < 4.78 is 40.8. The number of aromatic nitrogens is 7. The number of carbonyl (C=O) groups is 1. The van der Waals surface area contributed by atoms with Gasteiger partial charge in [0.05, 0.1) is 12.6 Å². The molecule has 7 rings (SSSR count). The Kier molecular flexibility index (Phi) is 4.39. The van der Waals surface area contributed by atoms with Crippen LogP contribution in [0.3, 0.4) is 0 Å². The van der Waals surface area contributed by atoms with Crippen LogP contribution >= 0.6 is 0 Å². The summed E-state index contributed by atoms with van der Waals surface area (Å²) in [6.07, 6.45) is 2.02. The van der Waals surface area contributed by atoms with Gasteiger partial charge in [0.15, 0.2) is 11.6 Å². The molecule has 0 aromatic carbocycles. The number of nitrogens with zero attached hydrogens (tertiary/aromatic N) is 10. The SMILES string of the molecule is O=C(N1CC2(CC(n3cnc(C4CC4)n3)C2)C1)N1CC2(CN(Cc3nnnn3CC(F)(F)F)C2)C1. The quantitative estimate of drug-likeness (QED) is 0.620. The number of tetrazole rings is 1. The highest BCUT2D eigenvalue weighted by Gasteiger charge is 2.58. The molecule has 3 saturated heterocycles. The van der Waals surface area contributed by atoms with E-state index in [2.05, 4.69) is 25.6 Å². The maximum Gasteiger partial charge on any atom is 0.408 e. The molecule has 0 radical (unpaired) electrons. The van der Waals surface area contributed by atoms with E-state index in [0.29, 0.717) is 25.0 Å². The summed E-state index contributed by atoms with van der Waals surface area (Å²) in [7, 11) is 0.